The van der Waals surface area contributed by atoms with Gasteiger partial charge in [0.15, 0.2) is 23.0 Å². The fourth-order valence-corrected chi connectivity index (χ4v) is 9.30. The number of aliphatic hydroxyl groups is 1. The van der Waals surface area contributed by atoms with E-state index in [4.69, 9.17) is 31.9 Å². The average molecular weight is 842 g/mol. The zero-order valence-electron chi connectivity index (χ0n) is 33.3. The number of ether oxygens (including phenoxy) is 2. The number of rotatable bonds is 13. The largest absolute Gasteiger partial charge is 0.488 e. The van der Waals surface area contributed by atoms with E-state index < -0.39 is 35.1 Å². The minimum absolute atomic E-state index is 0.0454. The fraction of sp³-hybridized carbons (Fsp3) is 0.364. The quantitative estimate of drug-likeness (QED) is 0.0986. The van der Waals surface area contributed by atoms with Crippen molar-refractivity contribution in [3.63, 3.8) is 0 Å². The van der Waals surface area contributed by atoms with Crippen LogP contribution in [0.15, 0.2) is 66.7 Å². The van der Waals surface area contributed by atoms with Gasteiger partial charge >= 0.3 is 6.03 Å². The lowest BCUT2D eigenvalue weighted by Crippen LogP contribution is -2.49. The fourth-order valence-electron chi connectivity index (χ4n) is 9.05. The summed E-state index contributed by atoms with van der Waals surface area (Å²) >= 11 is 6.68. The minimum atomic E-state index is -1.07. The molecular formula is C44H46ClF2N7O6. The highest BCUT2D eigenvalue weighted by Crippen LogP contribution is 2.56. The summed E-state index contributed by atoms with van der Waals surface area (Å²) in [5, 5.41) is 20.5. The molecule has 2 fully saturated rings. The van der Waals surface area contributed by atoms with E-state index in [2.05, 4.69) is 21.6 Å². The lowest BCUT2D eigenvalue weighted by molar-refractivity contribution is -0.120. The molecule has 5 aromatic rings. The van der Waals surface area contributed by atoms with Gasteiger partial charge in [-0.3, -0.25) is 24.5 Å². The number of aryl methyl sites for hydroxylation is 1. The lowest BCUT2D eigenvalue weighted by Gasteiger charge is -2.36. The molecule has 16 heteroatoms. The molecule has 4 aromatic carbocycles. The molecule has 3 aliphatic rings. The van der Waals surface area contributed by atoms with Gasteiger partial charge in [-0.1, -0.05) is 54.9 Å². The number of nitrogens with zero attached hydrogens (tertiary/aromatic N) is 4. The molecule has 4 heterocycles. The summed E-state index contributed by atoms with van der Waals surface area (Å²) in [6, 6.07) is 18.8. The number of carbonyl (C=O) groups excluding carboxylic acids is 3. The third kappa shape index (κ3) is 7.28. The monoisotopic (exact) mass is 841 g/mol. The highest BCUT2D eigenvalue weighted by molar-refractivity contribution is 6.34. The van der Waals surface area contributed by atoms with Crippen LogP contribution in [0.4, 0.5) is 25.1 Å². The molecule has 13 nitrogen and oxygen atoms in total. The number of imide groups is 1. The summed E-state index contributed by atoms with van der Waals surface area (Å²) in [4.78, 5) is 41.0. The number of primary amides is 1. The summed E-state index contributed by atoms with van der Waals surface area (Å²) in [5.41, 5.74) is 7.31. The van der Waals surface area contributed by atoms with E-state index in [-0.39, 0.29) is 65.3 Å². The van der Waals surface area contributed by atoms with Gasteiger partial charge in [0.05, 0.1) is 28.4 Å². The summed E-state index contributed by atoms with van der Waals surface area (Å²) in [5.74, 6) is -2.70. The van der Waals surface area contributed by atoms with E-state index in [9.17, 15) is 19.5 Å². The Morgan fingerprint density at radius 3 is 2.57 bits per heavy atom. The maximum absolute atomic E-state index is 16.4. The van der Waals surface area contributed by atoms with E-state index >= 15 is 8.78 Å². The smallest absolute Gasteiger partial charge is 0.329 e. The van der Waals surface area contributed by atoms with Crippen molar-refractivity contribution in [1.29, 1.82) is 0 Å². The summed E-state index contributed by atoms with van der Waals surface area (Å²) in [7, 11) is 1.87. The topological polar surface area (TPSA) is 164 Å². The molecule has 2 atom stereocenters. The lowest BCUT2D eigenvalue weighted by atomic mass is 9.77. The van der Waals surface area contributed by atoms with Crippen LogP contribution in [0.1, 0.15) is 60.0 Å². The van der Waals surface area contributed by atoms with E-state index in [1.165, 1.54) is 23.1 Å². The van der Waals surface area contributed by atoms with Gasteiger partial charge in [-0.25, -0.2) is 13.6 Å². The van der Waals surface area contributed by atoms with Crippen LogP contribution in [0.25, 0.3) is 22.0 Å². The standard InChI is InChI=1S/C44H46ClF2N7O6/c1-25-35-33(23-30(46)38(45)37(35)36-28(41(48)57)11-12-32(39(36)47)59-22-21-55)60-44(25,27-7-4-3-5-8-27)24-49-17-13-26-14-18-53(19-15-26)31-10-6-9-29-40(31)52(2)51-42(29)54-20-16-34(56)50-43(54)58/h3-12,23,25-26,49,55H,13-22,24H2,1-2H3,(H2,48,57)(H,50,56,58). The van der Waals surface area contributed by atoms with E-state index in [1.807, 2.05) is 56.4 Å². The first kappa shape index (κ1) is 41.0. The van der Waals surface area contributed by atoms with Crippen LogP contribution in [-0.4, -0.2) is 78.7 Å². The number of anilines is 2. The third-order valence-electron chi connectivity index (χ3n) is 12.1. The Morgan fingerprint density at radius 1 is 1.08 bits per heavy atom. The Labute approximate surface area is 350 Å². The zero-order chi connectivity index (χ0) is 42.3. The first-order chi connectivity index (χ1) is 28.9. The first-order valence-corrected chi connectivity index (χ1v) is 20.5. The number of aromatic nitrogens is 2. The van der Waals surface area contributed by atoms with Crippen molar-refractivity contribution < 1.29 is 37.7 Å². The number of piperidine rings is 1. The number of hydrogen-bond acceptors (Lipinski definition) is 9. The second-order valence-electron chi connectivity index (χ2n) is 15.5. The number of benzene rings is 4. The number of nitrogens with two attached hydrogens (primary N) is 1. The highest BCUT2D eigenvalue weighted by Gasteiger charge is 2.50. The molecule has 314 valence electrons. The maximum atomic E-state index is 16.4. The number of urea groups is 1. The Morgan fingerprint density at radius 2 is 1.85 bits per heavy atom. The van der Waals surface area contributed by atoms with Crippen molar-refractivity contribution in [3.8, 4) is 22.6 Å². The number of carbonyl (C=O) groups is 3. The van der Waals surface area contributed by atoms with Gasteiger partial charge in [-0.2, -0.15) is 5.10 Å². The van der Waals surface area contributed by atoms with Crippen molar-refractivity contribution in [1.82, 2.24) is 20.4 Å². The SMILES string of the molecule is CC1c2c(cc(F)c(Cl)c2-c2c(C(N)=O)ccc(OCCO)c2F)OC1(CNCCC1CCN(c2cccc3c(N4CCC(=O)NC4=O)nn(C)c23)CC1)c1ccccc1. The molecule has 0 radical (unpaired) electrons. The van der Waals surface area contributed by atoms with Gasteiger partial charge in [-0.05, 0) is 61.6 Å². The summed E-state index contributed by atoms with van der Waals surface area (Å²) in [6.07, 6.45) is 3.02. The van der Waals surface area contributed by atoms with Gasteiger partial charge in [0.25, 0.3) is 0 Å². The second kappa shape index (κ2) is 16.7. The number of fused-ring (bicyclic) bond motifs is 2. The van der Waals surface area contributed by atoms with Crippen LogP contribution < -0.4 is 35.6 Å². The molecule has 2 saturated heterocycles. The van der Waals surface area contributed by atoms with Crippen molar-refractivity contribution in [2.75, 3.05) is 55.7 Å². The van der Waals surface area contributed by atoms with Crippen molar-refractivity contribution in [2.45, 2.75) is 44.1 Å². The molecule has 4 amide bonds. The van der Waals surface area contributed by atoms with Gasteiger partial charge in [0.1, 0.15) is 18.2 Å². The molecule has 0 spiro atoms. The molecular weight excluding hydrogens is 796 g/mol. The van der Waals surface area contributed by atoms with Gasteiger partial charge in [-0.15, -0.1) is 0 Å². The molecule has 0 bridgehead atoms. The van der Waals surface area contributed by atoms with Gasteiger partial charge in [0.2, 0.25) is 11.8 Å². The van der Waals surface area contributed by atoms with E-state index in [0.29, 0.717) is 30.4 Å². The normalized spacial score (nSPS) is 19.4. The predicted molar refractivity (Wildman–Crippen MR) is 224 cm³/mol. The molecule has 5 N–H and O–H groups in total. The van der Waals surface area contributed by atoms with Crippen LogP contribution in [0.2, 0.25) is 5.02 Å². The second-order valence-corrected chi connectivity index (χ2v) is 15.9. The van der Waals surface area contributed by atoms with E-state index in [0.717, 1.165) is 54.5 Å². The average Bonchev–Trinajstić information content (AvgIpc) is 3.73. The number of nitrogens with one attached hydrogen (secondary N) is 2. The Hall–Kier alpha value is -5.77. The van der Waals surface area contributed by atoms with Crippen molar-refractivity contribution in [2.24, 2.45) is 18.7 Å². The number of para-hydroxylation sites is 1. The van der Waals surface area contributed by atoms with E-state index in [1.54, 1.807) is 4.68 Å². The van der Waals surface area contributed by atoms with Gasteiger partial charge < -0.3 is 30.5 Å². The maximum Gasteiger partial charge on any atom is 0.329 e. The number of amides is 4. The molecule has 8 rings (SSSR count). The Kier molecular flexibility index (Phi) is 11.4. The Bertz CT molecular complexity index is 2480. The number of halogens is 3. The zero-order valence-corrected chi connectivity index (χ0v) is 34.0. The van der Waals surface area contributed by atoms with Crippen molar-refractivity contribution >= 4 is 51.9 Å². The molecule has 1 aromatic heterocycles. The molecule has 3 aliphatic heterocycles. The van der Waals surface area contributed by atoms with Crippen LogP contribution in [0.5, 0.6) is 11.5 Å². The van der Waals surface area contributed by atoms with Crippen molar-refractivity contribution in [3.05, 3.63) is 100 Å². The molecule has 60 heavy (non-hydrogen) atoms. The van der Waals surface area contributed by atoms with Crippen LogP contribution in [0, 0.1) is 17.6 Å². The van der Waals surface area contributed by atoms with Gasteiger partial charge in [0, 0.05) is 73.7 Å². The molecule has 2 unspecified atom stereocenters. The first-order valence-electron chi connectivity index (χ1n) is 20.1. The van der Waals surface area contributed by atoms with Crippen LogP contribution >= 0.6 is 11.6 Å². The minimum Gasteiger partial charge on any atom is -0.488 e. The summed E-state index contributed by atoms with van der Waals surface area (Å²) < 4.78 is 46.1. The predicted octanol–water partition coefficient (Wildman–Crippen LogP) is 6.38. The molecule has 0 saturated carbocycles. The number of aliphatic hydroxyl groups excluding tert-OH is 1. The number of hydrogen-bond donors (Lipinski definition) is 4. The highest BCUT2D eigenvalue weighted by atomic mass is 35.5. The Balaban J connectivity index is 0.996. The van der Waals surface area contributed by atoms with Crippen LogP contribution in [-0.2, 0) is 17.4 Å². The van der Waals surface area contributed by atoms with Crippen LogP contribution in [0.3, 0.4) is 0 Å². The molecule has 0 aliphatic carbocycles. The third-order valence-corrected chi connectivity index (χ3v) is 12.5. The summed E-state index contributed by atoms with van der Waals surface area (Å²) in [6.45, 7) is 4.25.